The molecule has 0 aromatic heterocycles. The van der Waals surface area contributed by atoms with Crippen LogP contribution in [0.1, 0.15) is 0 Å². The van der Waals surface area contributed by atoms with Crippen LogP contribution in [0.15, 0.2) is 152 Å². The van der Waals surface area contributed by atoms with Gasteiger partial charge in [0.25, 0.3) is 0 Å². The lowest BCUT2D eigenvalue weighted by molar-refractivity contribution is 1.28. The van der Waals surface area contributed by atoms with E-state index in [2.05, 4.69) is 162 Å². The van der Waals surface area contributed by atoms with Crippen LogP contribution in [0.3, 0.4) is 0 Å². The molecule has 7 aromatic carbocycles. The summed E-state index contributed by atoms with van der Waals surface area (Å²) in [6.45, 7) is 0. The molecule has 0 saturated heterocycles. The zero-order valence-electron chi connectivity index (χ0n) is 21.9. The summed E-state index contributed by atoms with van der Waals surface area (Å²) in [6.07, 6.45) is 0. The minimum atomic E-state index is 1.13. The lowest BCUT2D eigenvalue weighted by Crippen LogP contribution is -2.09. The standard InChI is InChI=1S/C38H26N2/c1-3-11-31(12-4-1)40(32-13-5-2-6-14-32)33-21-19-26(20-22-33)28-17-18-29-25-37-35(24-30(29)23-28)34-15-7-9-27-10-8-16-36(39-37)38(27)34/h1-25,39H. The van der Waals surface area contributed by atoms with E-state index in [9.17, 15) is 0 Å². The Hall–Kier alpha value is -5.34. The first-order chi connectivity index (χ1) is 19.8. The molecule has 0 atom stereocenters. The summed E-state index contributed by atoms with van der Waals surface area (Å²) < 4.78 is 0. The van der Waals surface area contributed by atoms with E-state index in [0.29, 0.717) is 0 Å². The second-order valence-electron chi connectivity index (χ2n) is 10.3. The molecule has 0 radical (unpaired) electrons. The van der Waals surface area contributed by atoms with E-state index in [4.69, 9.17) is 0 Å². The van der Waals surface area contributed by atoms with Crippen molar-refractivity contribution >= 4 is 50.0 Å². The summed E-state index contributed by atoms with van der Waals surface area (Å²) in [7, 11) is 0. The number of rotatable bonds is 4. The predicted octanol–water partition coefficient (Wildman–Crippen LogP) is 10.9. The second kappa shape index (κ2) is 9.14. The van der Waals surface area contributed by atoms with Crippen LogP contribution in [0.4, 0.5) is 28.4 Å². The summed E-state index contributed by atoms with van der Waals surface area (Å²) in [5.74, 6) is 0. The van der Waals surface area contributed by atoms with Gasteiger partial charge in [-0.05, 0) is 93.5 Å². The third-order valence-corrected chi connectivity index (χ3v) is 7.93. The molecule has 7 aromatic rings. The highest BCUT2D eigenvalue weighted by Crippen LogP contribution is 2.45. The van der Waals surface area contributed by atoms with Gasteiger partial charge in [-0.3, -0.25) is 0 Å². The molecule has 2 heteroatoms. The van der Waals surface area contributed by atoms with Crippen molar-refractivity contribution in [2.75, 3.05) is 10.2 Å². The van der Waals surface area contributed by atoms with Crippen LogP contribution in [-0.2, 0) is 0 Å². The van der Waals surface area contributed by atoms with Crippen LogP contribution in [0.2, 0.25) is 0 Å². The molecule has 0 unspecified atom stereocenters. The van der Waals surface area contributed by atoms with E-state index in [1.54, 1.807) is 0 Å². The topological polar surface area (TPSA) is 15.3 Å². The van der Waals surface area contributed by atoms with Gasteiger partial charge in [0.1, 0.15) is 0 Å². The van der Waals surface area contributed by atoms with Crippen LogP contribution >= 0.6 is 0 Å². The molecule has 8 rings (SSSR count). The summed E-state index contributed by atoms with van der Waals surface area (Å²) in [6, 6.07) is 54.4. The smallest absolute Gasteiger partial charge is 0.0470 e. The lowest BCUT2D eigenvalue weighted by Gasteiger charge is -2.25. The van der Waals surface area contributed by atoms with Crippen molar-refractivity contribution in [2.45, 2.75) is 0 Å². The number of anilines is 5. The maximum atomic E-state index is 3.68. The molecule has 1 aliphatic rings. The van der Waals surface area contributed by atoms with Crippen molar-refractivity contribution in [3.05, 3.63) is 152 Å². The van der Waals surface area contributed by atoms with Gasteiger partial charge in [0.2, 0.25) is 0 Å². The number of nitrogens with zero attached hydrogens (tertiary/aromatic N) is 1. The van der Waals surface area contributed by atoms with Crippen molar-refractivity contribution in [2.24, 2.45) is 0 Å². The molecular weight excluding hydrogens is 484 g/mol. The first-order valence-corrected chi connectivity index (χ1v) is 13.7. The van der Waals surface area contributed by atoms with Crippen molar-refractivity contribution in [1.29, 1.82) is 0 Å². The van der Waals surface area contributed by atoms with E-state index in [1.807, 2.05) is 0 Å². The summed E-state index contributed by atoms with van der Waals surface area (Å²) in [5, 5.41) is 8.72. The second-order valence-corrected chi connectivity index (χ2v) is 10.3. The van der Waals surface area contributed by atoms with Gasteiger partial charge in [-0.25, -0.2) is 0 Å². The number of nitrogens with one attached hydrogen (secondary N) is 1. The highest BCUT2D eigenvalue weighted by atomic mass is 15.1. The van der Waals surface area contributed by atoms with Crippen LogP contribution in [0.5, 0.6) is 0 Å². The van der Waals surface area contributed by atoms with Gasteiger partial charge in [0.05, 0.1) is 0 Å². The Labute approximate surface area is 233 Å². The van der Waals surface area contributed by atoms with Gasteiger partial charge in [0.15, 0.2) is 0 Å². The highest BCUT2D eigenvalue weighted by Gasteiger charge is 2.18. The van der Waals surface area contributed by atoms with Gasteiger partial charge in [-0.1, -0.05) is 91.0 Å². The Bertz CT molecular complexity index is 1970. The summed E-state index contributed by atoms with van der Waals surface area (Å²) in [5.41, 5.74) is 10.7. The molecule has 0 saturated carbocycles. The van der Waals surface area contributed by atoms with Crippen molar-refractivity contribution in [3.8, 4) is 22.3 Å². The Morgan fingerprint density at radius 3 is 1.75 bits per heavy atom. The number of para-hydroxylation sites is 2. The first kappa shape index (κ1) is 22.6. The van der Waals surface area contributed by atoms with E-state index in [1.165, 1.54) is 49.5 Å². The van der Waals surface area contributed by atoms with Crippen LogP contribution < -0.4 is 10.2 Å². The molecule has 0 amide bonds. The maximum Gasteiger partial charge on any atom is 0.0470 e. The molecule has 0 aliphatic carbocycles. The van der Waals surface area contributed by atoms with Crippen molar-refractivity contribution in [3.63, 3.8) is 0 Å². The molecule has 0 spiro atoms. The molecule has 188 valence electrons. The fourth-order valence-corrected chi connectivity index (χ4v) is 6.02. The Morgan fingerprint density at radius 2 is 1.02 bits per heavy atom. The number of hydrogen-bond acceptors (Lipinski definition) is 2. The van der Waals surface area contributed by atoms with E-state index in [-0.39, 0.29) is 0 Å². The third kappa shape index (κ3) is 3.73. The minimum absolute atomic E-state index is 1.13. The summed E-state index contributed by atoms with van der Waals surface area (Å²) >= 11 is 0. The van der Waals surface area contributed by atoms with Crippen molar-refractivity contribution < 1.29 is 0 Å². The molecule has 2 nitrogen and oxygen atoms in total. The van der Waals surface area contributed by atoms with Crippen LogP contribution in [0, 0.1) is 0 Å². The van der Waals surface area contributed by atoms with Gasteiger partial charge < -0.3 is 10.2 Å². The average Bonchev–Trinajstić information content (AvgIpc) is 3.02. The lowest BCUT2D eigenvalue weighted by atomic mass is 9.90. The Kier molecular flexibility index (Phi) is 5.17. The maximum absolute atomic E-state index is 3.68. The fraction of sp³-hybridized carbons (Fsp3) is 0. The van der Waals surface area contributed by atoms with Gasteiger partial charge in [-0.2, -0.15) is 0 Å². The molecule has 1 N–H and O–H groups in total. The Balaban J connectivity index is 1.19. The first-order valence-electron chi connectivity index (χ1n) is 13.7. The fourth-order valence-electron chi connectivity index (χ4n) is 6.02. The van der Waals surface area contributed by atoms with E-state index in [0.717, 1.165) is 22.7 Å². The highest BCUT2D eigenvalue weighted by molar-refractivity contribution is 6.13. The number of fused-ring (bicyclic) bond motifs is 3. The monoisotopic (exact) mass is 510 g/mol. The van der Waals surface area contributed by atoms with Gasteiger partial charge in [0, 0.05) is 39.4 Å². The molecule has 40 heavy (non-hydrogen) atoms. The zero-order valence-corrected chi connectivity index (χ0v) is 21.9. The number of hydrogen-bond donors (Lipinski definition) is 1. The molecule has 0 bridgehead atoms. The van der Waals surface area contributed by atoms with Gasteiger partial charge >= 0.3 is 0 Å². The SMILES string of the molecule is c1ccc(N(c2ccccc2)c2ccc(-c3ccc4cc5c(cc4c3)-c3cccc4cccc(c34)N5)cc2)cc1. The van der Waals surface area contributed by atoms with Gasteiger partial charge in [-0.15, -0.1) is 0 Å². The minimum Gasteiger partial charge on any atom is -0.354 e. The third-order valence-electron chi connectivity index (χ3n) is 7.93. The molecule has 1 aliphatic heterocycles. The van der Waals surface area contributed by atoms with E-state index >= 15 is 0 Å². The summed E-state index contributed by atoms with van der Waals surface area (Å²) in [4.78, 5) is 2.29. The molecule has 1 heterocycles. The predicted molar refractivity (Wildman–Crippen MR) is 170 cm³/mol. The van der Waals surface area contributed by atoms with E-state index < -0.39 is 0 Å². The van der Waals surface area contributed by atoms with Crippen LogP contribution in [0.25, 0.3) is 43.8 Å². The average molecular weight is 511 g/mol. The molecule has 0 fully saturated rings. The van der Waals surface area contributed by atoms with Crippen LogP contribution in [-0.4, -0.2) is 0 Å². The molecular formula is C38H26N2. The quantitative estimate of drug-likeness (QED) is 0.253. The number of benzene rings is 7. The zero-order chi connectivity index (χ0) is 26.5. The largest absolute Gasteiger partial charge is 0.354 e. The van der Waals surface area contributed by atoms with Crippen molar-refractivity contribution in [1.82, 2.24) is 0 Å². The normalized spacial score (nSPS) is 11.7. The Morgan fingerprint density at radius 1 is 0.375 bits per heavy atom.